The van der Waals surface area contributed by atoms with Crippen molar-refractivity contribution in [1.82, 2.24) is 4.90 Å². The number of alkyl halides is 4. The van der Waals surface area contributed by atoms with Gasteiger partial charge in [0, 0.05) is 19.0 Å². The average molecular weight is 302 g/mol. The van der Waals surface area contributed by atoms with Crippen molar-refractivity contribution in [3.8, 4) is 0 Å². The molecule has 1 amide bonds. The summed E-state index contributed by atoms with van der Waals surface area (Å²) in [7, 11) is 0. The molecule has 0 unspecified atom stereocenters. The first kappa shape index (κ1) is 13.5. The average Bonchev–Trinajstić information content (AvgIpc) is 3.00. The van der Waals surface area contributed by atoms with Crippen LogP contribution in [0.3, 0.4) is 0 Å². The Balaban J connectivity index is 2.55. The molecule has 1 aliphatic rings. The molecule has 0 atom stereocenters. The van der Waals surface area contributed by atoms with E-state index in [-0.39, 0.29) is 30.1 Å². The van der Waals surface area contributed by atoms with Crippen LogP contribution in [0, 0.1) is 0 Å². The van der Waals surface area contributed by atoms with Crippen molar-refractivity contribution < 1.29 is 22.8 Å². The lowest BCUT2D eigenvalue weighted by Crippen LogP contribution is -2.43. The van der Waals surface area contributed by atoms with Gasteiger partial charge in [-0.25, -0.2) is 0 Å². The van der Waals surface area contributed by atoms with Crippen LogP contribution in [-0.2, 0) is 9.59 Å². The van der Waals surface area contributed by atoms with Gasteiger partial charge in [-0.1, -0.05) is 15.9 Å². The van der Waals surface area contributed by atoms with Gasteiger partial charge in [0.05, 0.1) is 5.33 Å². The van der Waals surface area contributed by atoms with Crippen molar-refractivity contribution in [2.75, 3.05) is 11.9 Å². The normalized spacial score (nSPS) is 16.0. The van der Waals surface area contributed by atoms with Crippen LogP contribution in [0.5, 0.6) is 0 Å². The monoisotopic (exact) mass is 301 g/mol. The highest BCUT2D eigenvalue weighted by Gasteiger charge is 2.46. The lowest BCUT2D eigenvalue weighted by atomic mass is 10.3. The predicted molar refractivity (Wildman–Crippen MR) is 54.2 cm³/mol. The van der Waals surface area contributed by atoms with Crippen LogP contribution in [0.15, 0.2) is 0 Å². The molecule has 1 rings (SSSR count). The van der Waals surface area contributed by atoms with E-state index in [1.54, 1.807) is 0 Å². The molecule has 0 saturated heterocycles. The lowest BCUT2D eigenvalue weighted by molar-refractivity contribution is -0.186. The third-order valence-electron chi connectivity index (χ3n) is 2.27. The number of carbonyl (C=O) groups is 2. The number of hydrogen-bond acceptors (Lipinski definition) is 2. The van der Waals surface area contributed by atoms with Crippen LogP contribution in [0.1, 0.15) is 19.3 Å². The summed E-state index contributed by atoms with van der Waals surface area (Å²) < 4.78 is 36.6. The largest absolute Gasteiger partial charge is 0.471 e. The molecule has 0 spiro atoms. The standard InChI is InChI=1S/C9H11BrF3NO2/c10-5-7(15)3-4-14(6-1-2-6)8(16)9(11,12)13/h6H,1-5H2. The molecule has 0 radical (unpaired) electrons. The molecule has 0 bridgehead atoms. The molecule has 1 fully saturated rings. The van der Waals surface area contributed by atoms with E-state index in [4.69, 9.17) is 0 Å². The summed E-state index contributed by atoms with van der Waals surface area (Å²) >= 11 is 2.92. The Kier molecular flexibility index (Phi) is 4.35. The van der Waals surface area contributed by atoms with E-state index in [2.05, 4.69) is 15.9 Å². The smallest absolute Gasteiger partial charge is 0.331 e. The quantitative estimate of drug-likeness (QED) is 0.727. The van der Waals surface area contributed by atoms with Gasteiger partial charge in [0.25, 0.3) is 0 Å². The summed E-state index contributed by atoms with van der Waals surface area (Å²) in [6.45, 7) is -0.145. The molecular weight excluding hydrogens is 291 g/mol. The molecule has 1 aliphatic carbocycles. The summed E-state index contributed by atoms with van der Waals surface area (Å²) in [5.74, 6) is -2.04. The van der Waals surface area contributed by atoms with E-state index in [0.29, 0.717) is 12.8 Å². The number of Topliss-reactive ketones (excluding diaryl/α,β-unsaturated/α-hetero) is 1. The molecule has 0 aliphatic heterocycles. The number of halogens is 4. The maximum Gasteiger partial charge on any atom is 0.471 e. The van der Waals surface area contributed by atoms with Crippen LogP contribution >= 0.6 is 15.9 Å². The summed E-state index contributed by atoms with van der Waals surface area (Å²) in [5, 5.41) is 0.103. The molecule has 0 aromatic rings. The molecule has 7 heteroatoms. The highest BCUT2D eigenvalue weighted by atomic mass is 79.9. The number of ketones is 1. The van der Waals surface area contributed by atoms with E-state index in [1.807, 2.05) is 0 Å². The van der Waals surface area contributed by atoms with E-state index in [0.717, 1.165) is 4.90 Å². The Morgan fingerprint density at radius 1 is 1.31 bits per heavy atom. The highest BCUT2D eigenvalue weighted by Crippen LogP contribution is 2.31. The second kappa shape index (κ2) is 5.16. The summed E-state index contributed by atoms with van der Waals surface area (Å²) in [4.78, 5) is 22.8. The SMILES string of the molecule is O=C(CBr)CCN(C(=O)C(F)(F)F)C1CC1. The van der Waals surface area contributed by atoms with Gasteiger partial charge in [-0.3, -0.25) is 9.59 Å². The van der Waals surface area contributed by atoms with Crippen molar-refractivity contribution in [1.29, 1.82) is 0 Å². The van der Waals surface area contributed by atoms with Gasteiger partial charge in [0.1, 0.15) is 5.78 Å². The van der Waals surface area contributed by atoms with Crippen molar-refractivity contribution in [2.45, 2.75) is 31.5 Å². The molecule has 0 heterocycles. The zero-order chi connectivity index (χ0) is 12.3. The molecular formula is C9H11BrF3NO2. The van der Waals surface area contributed by atoms with Crippen LogP contribution in [0.2, 0.25) is 0 Å². The Morgan fingerprint density at radius 3 is 2.25 bits per heavy atom. The molecule has 0 N–H and O–H groups in total. The number of rotatable bonds is 5. The fourth-order valence-corrected chi connectivity index (χ4v) is 1.59. The van der Waals surface area contributed by atoms with Gasteiger partial charge >= 0.3 is 12.1 Å². The Morgan fingerprint density at radius 2 is 1.88 bits per heavy atom. The van der Waals surface area contributed by atoms with Gasteiger partial charge in [-0.15, -0.1) is 0 Å². The van der Waals surface area contributed by atoms with E-state index < -0.39 is 12.1 Å². The van der Waals surface area contributed by atoms with Crippen LogP contribution in [0.4, 0.5) is 13.2 Å². The molecule has 1 saturated carbocycles. The maximum absolute atomic E-state index is 12.2. The summed E-state index contributed by atoms with van der Waals surface area (Å²) in [6.07, 6.45) is -3.71. The number of hydrogen-bond donors (Lipinski definition) is 0. The van der Waals surface area contributed by atoms with E-state index >= 15 is 0 Å². The van der Waals surface area contributed by atoms with Crippen molar-refractivity contribution in [3.63, 3.8) is 0 Å². The molecule has 16 heavy (non-hydrogen) atoms. The molecule has 3 nitrogen and oxygen atoms in total. The lowest BCUT2D eigenvalue weighted by Gasteiger charge is -2.22. The third-order valence-corrected chi connectivity index (χ3v) is 2.90. The van der Waals surface area contributed by atoms with Gasteiger partial charge in [-0.2, -0.15) is 13.2 Å². The number of amides is 1. The van der Waals surface area contributed by atoms with Crippen molar-refractivity contribution in [3.05, 3.63) is 0 Å². The first-order valence-corrected chi connectivity index (χ1v) is 5.94. The van der Waals surface area contributed by atoms with Crippen molar-refractivity contribution >= 4 is 27.6 Å². The fraction of sp³-hybridized carbons (Fsp3) is 0.778. The van der Waals surface area contributed by atoms with Crippen LogP contribution in [-0.4, -0.2) is 40.7 Å². The topological polar surface area (TPSA) is 37.4 Å². The Labute approximate surface area is 99.1 Å². The van der Waals surface area contributed by atoms with Gasteiger partial charge in [0.15, 0.2) is 0 Å². The Hall–Kier alpha value is -0.590. The minimum atomic E-state index is -4.85. The van der Waals surface area contributed by atoms with Gasteiger partial charge < -0.3 is 4.90 Å². The van der Waals surface area contributed by atoms with Gasteiger partial charge in [-0.05, 0) is 12.8 Å². The second-order valence-electron chi connectivity index (χ2n) is 3.65. The number of carbonyl (C=O) groups excluding carboxylic acids is 2. The fourth-order valence-electron chi connectivity index (χ4n) is 1.31. The van der Waals surface area contributed by atoms with Gasteiger partial charge in [0.2, 0.25) is 0 Å². The van der Waals surface area contributed by atoms with E-state index in [9.17, 15) is 22.8 Å². The summed E-state index contributed by atoms with van der Waals surface area (Å²) in [6, 6.07) is -0.336. The molecule has 0 aromatic heterocycles. The minimum absolute atomic E-state index is 0.0381. The first-order valence-electron chi connectivity index (χ1n) is 4.81. The first-order chi connectivity index (χ1) is 7.36. The predicted octanol–water partition coefficient (Wildman–Crippen LogP) is 1.89. The molecule has 0 aromatic carbocycles. The highest BCUT2D eigenvalue weighted by molar-refractivity contribution is 9.09. The third kappa shape index (κ3) is 3.77. The maximum atomic E-state index is 12.2. The second-order valence-corrected chi connectivity index (χ2v) is 4.21. The molecule has 92 valence electrons. The van der Waals surface area contributed by atoms with Crippen LogP contribution < -0.4 is 0 Å². The Bertz CT molecular complexity index is 289. The van der Waals surface area contributed by atoms with Crippen LogP contribution in [0.25, 0.3) is 0 Å². The van der Waals surface area contributed by atoms with Crippen molar-refractivity contribution in [2.24, 2.45) is 0 Å². The summed E-state index contributed by atoms with van der Waals surface area (Å²) in [5.41, 5.74) is 0. The minimum Gasteiger partial charge on any atom is -0.331 e. The zero-order valence-electron chi connectivity index (χ0n) is 8.39. The van der Waals surface area contributed by atoms with E-state index in [1.165, 1.54) is 0 Å². The number of nitrogens with zero attached hydrogens (tertiary/aromatic N) is 1. The zero-order valence-corrected chi connectivity index (χ0v) is 9.97.